The lowest BCUT2D eigenvalue weighted by atomic mass is 10.3. The van der Waals surface area contributed by atoms with Crippen LogP contribution in [0.2, 0.25) is 0 Å². The van der Waals surface area contributed by atoms with Gasteiger partial charge in [-0.05, 0) is 6.42 Å². The van der Waals surface area contributed by atoms with Crippen LogP contribution in [0.15, 0.2) is 0 Å². The predicted octanol–water partition coefficient (Wildman–Crippen LogP) is 1.27. The molecule has 1 unspecified atom stereocenters. The van der Waals surface area contributed by atoms with E-state index in [1.807, 2.05) is 6.92 Å². The van der Waals surface area contributed by atoms with Gasteiger partial charge in [0.15, 0.2) is 0 Å². The molecule has 0 aliphatic carbocycles. The van der Waals surface area contributed by atoms with Crippen molar-refractivity contribution in [1.29, 1.82) is 0 Å². The second kappa shape index (κ2) is 9.60. The maximum atomic E-state index is 10.6. The molecule has 0 saturated heterocycles. The van der Waals surface area contributed by atoms with Crippen LogP contribution in [0.25, 0.3) is 0 Å². The van der Waals surface area contributed by atoms with Gasteiger partial charge in [-0.1, -0.05) is 17.7 Å². The molecule has 0 aromatic heterocycles. The topological polar surface area (TPSA) is 78.8 Å². The van der Waals surface area contributed by atoms with E-state index in [4.69, 9.17) is 14.4 Å². The van der Waals surface area contributed by atoms with E-state index in [-0.39, 0.29) is 6.73 Å². The smallest absolute Gasteiger partial charge is 0.321 e. The zero-order valence-electron chi connectivity index (χ0n) is 7.93. The molecule has 0 radical (unpaired) electrons. The van der Waals surface area contributed by atoms with Crippen LogP contribution in [0, 0.1) is 0 Å². The third kappa shape index (κ3) is 7.45. The second-order valence-corrected chi connectivity index (χ2v) is 4.38. The Morgan fingerprint density at radius 2 is 2.36 bits per heavy atom. The fourth-order valence-electron chi connectivity index (χ4n) is 0.692. The summed E-state index contributed by atoms with van der Waals surface area (Å²) in [6.07, 6.45) is 0.903. The largest absolute Gasteiger partial charge is 0.480 e. The summed E-state index contributed by atoms with van der Waals surface area (Å²) < 4.78 is 13.5. The third-order valence-corrected chi connectivity index (χ3v) is 2.67. The fraction of sp³-hybridized carbons (Fsp3) is 0.857. The van der Waals surface area contributed by atoms with Gasteiger partial charge in [0.25, 0.3) is 0 Å². The van der Waals surface area contributed by atoms with E-state index in [0.29, 0.717) is 23.4 Å². The van der Waals surface area contributed by atoms with Crippen LogP contribution >= 0.6 is 21.9 Å². The predicted molar refractivity (Wildman–Crippen MR) is 58.3 cm³/mol. The molecule has 0 saturated carbocycles. The van der Waals surface area contributed by atoms with Gasteiger partial charge >= 0.3 is 5.97 Å². The molecule has 5 nitrogen and oxygen atoms in total. The van der Waals surface area contributed by atoms with Gasteiger partial charge in [-0.3, -0.25) is 10.1 Å². The lowest BCUT2D eigenvalue weighted by Crippen LogP contribution is -2.39. The fourth-order valence-corrected chi connectivity index (χ4v) is 1.74. The minimum atomic E-state index is -0.938. The minimum absolute atomic E-state index is 0.224. The second-order valence-electron chi connectivity index (χ2n) is 2.51. The van der Waals surface area contributed by atoms with Crippen LogP contribution in [0.1, 0.15) is 13.3 Å². The molecule has 1 atom stereocenters. The molecule has 0 aliphatic rings. The summed E-state index contributed by atoms with van der Waals surface area (Å²) in [6.45, 7) is 2.82. The number of aliphatic carboxylic acids is 1. The van der Waals surface area contributed by atoms with E-state index in [0.717, 1.165) is 17.2 Å². The Morgan fingerprint density at radius 3 is 2.86 bits per heavy atom. The summed E-state index contributed by atoms with van der Waals surface area (Å²) in [5, 5.41) is 11.5. The van der Waals surface area contributed by atoms with E-state index >= 15 is 0 Å². The van der Waals surface area contributed by atoms with Crippen molar-refractivity contribution in [2.45, 2.75) is 19.4 Å². The van der Waals surface area contributed by atoms with E-state index in [1.54, 1.807) is 0 Å². The molecule has 0 heterocycles. The minimum Gasteiger partial charge on any atom is -0.480 e. The number of carboxylic acids is 1. The Morgan fingerprint density at radius 1 is 1.64 bits per heavy atom. The van der Waals surface area contributed by atoms with Gasteiger partial charge in [0.1, 0.15) is 6.04 Å². The molecule has 7 heteroatoms. The van der Waals surface area contributed by atoms with E-state index in [1.165, 1.54) is 0 Å². The standard InChI is InChI=1S/C7H15NO4S2/c1-2-3-12-5-8-6(7(9)10)4-13-14-11/h6,8,11H,2-5H2,1H3,(H,9,10). The highest BCUT2D eigenvalue weighted by molar-refractivity contribution is 8.74. The average Bonchev–Trinajstić information content (AvgIpc) is 2.16. The Hall–Kier alpha value is 0.0500. The number of rotatable bonds is 9. The van der Waals surface area contributed by atoms with E-state index < -0.39 is 12.0 Å². The molecule has 0 aromatic rings. The van der Waals surface area contributed by atoms with Crippen molar-refractivity contribution in [3.05, 3.63) is 0 Å². The molecule has 84 valence electrons. The van der Waals surface area contributed by atoms with Crippen molar-refractivity contribution in [2.75, 3.05) is 19.1 Å². The number of carboxylic acid groups (broad SMARTS) is 1. The van der Waals surface area contributed by atoms with Crippen molar-refractivity contribution in [1.82, 2.24) is 5.32 Å². The first-order valence-electron chi connectivity index (χ1n) is 4.19. The van der Waals surface area contributed by atoms with E-state index in [9.17, 15) is 4.79 Å². The van der Waals surface area contributed by atoms with Crippen LogP contribution in [0.5, 0.6) is 0 Å². The lowest BCUT2D eigenvalue weighted by Gasteiger charge is -2.12. The highest BCUT2D eigenvalue weighted by atomic mass is 33.1. The number of ether oxygens (including phenoxy) is 1. The first kappa shape index (κ1) is 14.1. The van der Waals surface area contributed by atoms with Gasteiger partial charge in [-0.2, -0.15) is 0 Å². The van der Waals surface area contributed by atoms with Gasteiger partial charge in [-0.15, -0.1) is 0 Å². The van der Waals surface area contributed by atoms with Gasteiger partial charge in [0.2, 0.25) is 0 Å². The van der Waals surface area contributed by atoms with Crippen molar-refractivity contribution in [3.8, 4) is 0 Å². The molecular formula is C7H15NO4S2. The van der Waals surface area contributed by atoms with Crippen LogP contribution < -0.4 is 5.32 Å². The lowest BCUT2D eigenvalue weighted by molar-refractivity contribution is -0.139. The van der Waals surface area contributed by atoms with Crippen molar-refractivity contribution in [3.63, 3.8) is 0 Å². The Bertz CT molecular complexity index is 159. The number of nitrogens with one attached hydrogen (secondary N) is 1. The van der Waals surface area contributed by atoms with Crippen LogP contribution in [0.4, 0.5) is 0 Å². The van der Waals surface area contributed by atoms with Gasteiger partial charge < -0.3 is 14.4 Å². The van der Waals surface area contributed by atoms with Gasteiger partial charge in [0.05, 0.1) is 17.8 Å². The maximum absolute atomic E-state index is 10.6. The molecule has 14 heavy (non-hydrogen) atoms. The summed E-state index contributed by atoms with van der Waals surface area (Å²) in [6, 6.07) is -0.684. The first-order chi connectivity index (χ1) is 6.72. The molecule has 0 bridgehead atoms. The molecule has 0 aliphatic heterocycles. The van der Waals surface area contributed by atoms with Crippen molar-refractivity contribution < 1.29 is 19.2 Å². The third-order valence-electron chi connectivity index (χ3n) is 1.37. The molecule has 0 spiro atoms. The molecule has 0 rings (SSSR count). The zero-order chi connectivity index (χ0) is 10.8. The Labute approximate surface area is 91.2 Å². The first-order valence-corrected chi connectivity index (χ1v) is 6.47. The normalized spacial score (nSPS) is 12.7. The molecule has 0 aromatic carbocycles. The Balaban J connectivity index is 3.57. The summed E-state index contributed by atoms with van der Waals surface area (Å²) in [5.41, 5.74) is 0. The van der Waals surface area contributed by atoms with E-state index in [2.05, 4.69) is 5.32 Å². The number of hydrogen-bond donors (Lipinski definition) is 3. The zero-order valence-corrected chi connectivity index (χ0v) is 9.57. The molecule has 0 amide bonds. The highest BCUT2D eigenvalue weighted by Crippen LogP contribution is 2.17. The molecule has 0 fully saturated rings. The average molecular weight is 241 g/mol. The van der Waals surface area contributed by atoms with Crippen LogP contribution in [-0.2, 0) is 9.53 Å². The van der Waals surface area contributed by atoms with Gasteiger partial charge in [0, 0.05) is 12.4 Å². The summed E-state index contributed by atoms with van der Waals surface area (Å²) >= 11 is 0.564. The maximum Gasteiger partial charge on any atom is 0.321 e. The quantitative estimate of drug-likeness (QED) is 0.243. The summed E-state index contributed by atoms with van der Waals surface area (Å²) in [5.74, 6) is -0.641. The molecule has 3 N–H and O–H groups in total. The molecular weight excluding hydrogens is 226 g/mol. The van der Waals surface area contributed by atoms with Crippen LogP contribution in [0.3, 0.4) is 0 Å². The highest BCUT2D eigenvalue weighted by Gasteiger charge is 2.16. The SMILES string of the molecule is CCCOCNC(CSSO)C(=O)O. The van der Waals surface area contributed by atoms with Crippen molar-refractivity contribution >= 4 is 27.8 Å². The number of hydrogen-bond acceptors (Lipinski definition) is 6. The van der Waals surface area contributed by atoms with Crippen LogP contribution in [-0.4, -0.2) is 40.8 Å². The summed E-state index contributed by atoms with van der Waals surface area (Å²) in [7, 11) is 1.08. The monoisotopic (exact) mass is 241 g/mol. The Kier molecular flexibility index (Phi) is 9.63. The summed E-state index contributed by atoms with van der Waals surface area (Å²) in [4.78, 5) is 10.6. The van der Waals surface area contributed by atoms with Crippen molar-refractivity contribution in [2.24, 2.45) is 0 Å². The number of carbonyl (C=O) groups is 1. The van der Waals surface area contributed by atoms with Gasteiger partial charge in [-0.25, -0.2) is 0 Å².